The van der Waals surface area contributed by atoms with Crippen LogP contribution in [0.1, 0.15) is 30.9 Å². The summed E-state index contributed by atoms with van der Waals surface area (Å²) < 4.78 is 38.5. The fourth-order valence-electron chi connectivity index (χ4n) is 4.12. The molecule has 0 saturated heterocycles. The first-order valence-corrected chi connectivity index (χ1v) is 11.6. The van der Waals surface area contributed by atoms with Crippen molar-refractivity contribution in [1.29, 1.82) is 0 Å². The Hall–Kier alpha value is -3.85. The molecule has 2 aromatic rings. The topological polar surface area (TPSA) is 102 Å². The highest BCUT2D eigenvalue weighted by atomic mass is 16.7. The number of unbranched alkanes of at least 4 members (excludes halogenated alkanes) is 1. The van der Waals surface area contributed by atoms with Crippen LogP contribution in [-0.2, 0) is 31.2 Å². The van der Waals surface area contributed by atoms with Gasteiger partial charge in [-0.1, -0.05) is 13.3 Å². The molecule has 2 heterocycles. The van der Waals surface area contributed by atoms with Gasteiger partial charge in [-0.25, -0.2) is 4.79 Å². The van der Waals surface area contributed by atoms with Gasteiger partial charge in [-0.05, 0) is 48.4 Å². The van der Waals surface area contributed by atoms with Gasteiger partial charge >= 0.3 is 5.97 Å². The number of cyclic esters (lactones) is 1. The van der Waals surface area contributed by atoms with Gasteiger partial charge in [0.15, 0.2) is 17.3 Å². The molecule has 0 saturated carbocycles. The van der Waals surface area contributed by atoms with Gasteiger partial charge < -0.3 is 38.3 Å². The molecular weight excluding hydrogens is 468 g/mol. The monoisotopic (exact) mass is 498 g/mol. The van der Waals surface area contributed by atoms with Gasteiger partial charge in [0.25, 0.3) is 5.79 Å². The minimum Gasteiger partial charge on any atom is -0.497 e. The Morgan fingerprint density at radius 3 is 2.28 bits per heavy atom. The van der Waals surface area contributed by atoms with Gasteiger partial charge in [0.05, 0.1) is 27.9 Å². The van der Waals surface area contributed by atoms with Crippen LogP contribution >= 0.6 is 0 Å². The highest BCUT2D eigenvalue weighted by Crippen LogP contribution is 2.46. The van der Waals surface area contributed by atoms with E-state index in [0.29, 0.717) is 40.7 Å². The number of hydrogen-bond donors (Lipinski definition) is 1. The van der Waals surface area contributed by atoms with Crippen LogP contribution in [0, 0.1) is 0 Å². The molecule has 0 amide bonds. The van der Waals surface area contributed by atoms with Crippen LogP contribution in [0.4, 0.5) is 0 Å². The number of ether oxygens (including phenoxy) is 7. The molecule has 36 heavy (non-hydrogen) atoms. The van der Waals surface area contributed by atoms with Crippen LogP contribution in [0.3, 0.4) is 0 Å². The van der Waals surface area contributed by atoms with E-state index >= 15 is 0 Å². The summed E-state index contributed by atoms with van der Waals surface area (Å²) in [4.78, 5) is 13.0. The van der Waals surface area contributed by atoms with Crippen molar-refractivity contribution in [1.82, 2.24) is 0 Å². The third-order valence-electron chi connectivity index (χ3n) is 6.00. The van der Waals surface area contributed by atoms with Gasteiger partial charge in [0.2, 0.25) is 12.5 Å². The van der Waals surface area contributed by atoms with Crippen molar-refractivity contribution in [2.75, 3.05) is 34.7 Å². The molecule has 0 aliphatic carbocycles. The Kier molecular flexibility index (Phi) is 7.59. The number of aliphatic hydroxyl groups is 1. The van der Waals surface area contributed by atoms with Crippen LogP contribution < -0.4 is 18.9 Å². The summed E-state index contributed by atoms with van der Waals surface area (Å²) >= 11 is 0. The smallest absolute Gasteiger partial charge is 0.345 e. The molecule has 0 spiro atoms. The predicted octanol–water partition coefficient (Wildman–Crippen LogP) is 3.98. The highest BCUT2D eigenvalue weighted by molar-refractivity contribution is 5.97. The first kappa shape index (κ1) is 25.2. The molecule has 1 atom stereocenters. The van der Waals surface area contributed by atoms with E-state index in [1.807, 2.05) is 0 Å². The van der Waals surface area contributed by atoms with Crippen molar-refractivity contribution in [2.45, 2.75) is 32.0 Å². The maximum Gasteiger partial charge on any atom is 0.345 e. The average Bonchev–Trinajstić information content (AvgIpc) is 3.50. The largest absolute Gasteiger partial charge is 0.497 e. The van der Waals surface area contributed by atoms with E-state index < -0.39 is 11.8 Å². The van der Waals surface area contributed by atoms with E-state index in [0.717, 1.165) is 12.8 Å². The average molecular weight is 499 g/mol. The molecule has 4 rings (SSSR count). The number of esters is 1. The molecular formula is C27H30O9. The summed E-state index contributed by atoms with van der Waals surface area (Å²) in [6.07, 6.45) is 3.32. The lowest BCUT2D eigenvalue weighted by Gasteiger charge is -2.26. The predicted molar refractivity (Wildman–Crippen MR) is 129 cm³/mol. The molecule has 2 aromatic carbocycles. The van der Waals surface area contributed by atoms with Crippen LogP contribution in [0.15, 0.2) is 59.6 Å². The Balaban J connectivity index is 1.79. The number of hydrogen-bond acceptors (Lipinski definition) is 9. The van der Waals surface area contributed by atoms with E-state index in [-0.39, 0.29) is 30.1 Å². The van der Waals surface area contributed by atoms with Crippen molar-refractivity contribution in [3.8, 4) is 23.0 Å². The molecule has 1 unspecified atom stereocenters. The third kappa shape index (κ3) is 4.79. The van der Waals surface area contributed by atoms with Gasteiger partial charge in [-0.2, -0.15) is 0 Å². The summed E-state index contributed by atoms with van der Waals surface area (Å²) in [6, 6.07) is 10.2. The summed E-state index contributed by atoms with van der Waals surface area (Å²) in [7, 11) is 4.63. The molecule has 0 bridgehead atoms. The lowest BCUT2D eigenvalue weighted by molar-refractivity contribution is -0.186. The van der Waals surface area contributed by atoms with Gasteiger partial charge in [-0.15, -0.1) is 0 Å². The molecule has 1 N–H and O–H groups in total. The summed E-state index contributed by atoms with van der Waals surface area (Å²) in [5.41, 5.74) is 1.45. The van der Waals surface area contributed by atoms with E-state index in [1.165, 1.54) is 6.26 Å². The second-order valence-electron chi connectivity index (χ2n) is 8.23. The zero-order valence-corrected chi connectivity index (χ0v) is 20.8. The first-order valence-electron chi connectivity index (χ1n) is 11.6. The molecule has 0 fully saturated rings. The molecule has 2 aliphatic heterocycles. The first-order chi connectivity index (χ1) is 17.4. The molecule has 9 nitrogen and oxygen atoms in total. The molecule has 0 radical (unpaired) electrons. The SMILES string of the molecule is CCCCOc1c(OC)cc(CC2=C(C3=COCO3)C(=O)OC2(O)c2ccc(OC)cc2)cc1OC. The zero-order valence-electron chi connectivity index (χ0n) is 20.8. The zero-order chi connectivity index (χ0) is 25.7. The van der Waals surface area contributed by atoms with Crippen molar-refractivity contribution >= 4 is 5.97 Å². The quantitative estimate of drug-likeness (QED) is 0.364. The number of carbonyl (C=O) groups is 1. The van der Waals surface area contributed by atoms with Crippen LogP contribution in [0.2, 0.25) is 0 Å². The van der Waals surface area contributed by atoms with Crippen LogP contribution in [-0.4, -0.2) is 45.8 Å². The molecule has 9 heteroatoms. The minimum atomic E-state index is -2.04. The van der Waals surface area contributed by atoms with E-state index in [1.54, 1.807) is 57.7 Å². The Bertz CT molecular complexity index is 1140. The summed E-state index contributed by atoms with van der Waals surface area (Å²) in [6.45, 7) is 2.56. The molecule has 2 aliphatic rings. The Morgan fingerprint density at radius 1 is 1.03 bits per heavy atom. The standard InChI is InChI=1S/C27H30O9/c1-5-6-11-34-25-21(31-3)13-17(14-22(25)32-4)12-20-24(23-15-33-16-35-23)26(28)36-27(20,29)18-7-9-19(30-2)10-8-18/h7-10,13-15,29H,5-6,11-12,16H2,1-4H3. The summed E-state index contributed by atoms with van der Waals surface area (Å²) in [5.74, 6) is -0.536. The lowest BCUT2D eigenvalue weighted by atomic mass is 9.89. The normalized spacial score (nSPS) is 18.8. The van der Waals surface area contributed by atoms with Crippen molar-refractivity contribution in [3.63, 3.8) is 0 Å². The fourth-order valence-corrected chi connectivity index (χ4v) is 4.12. The number of carbonyl (C=O) groups excluding carboxylic acids is 1. The van der Waals surface area contributed by atoms with Crippen molar-refractivity contribution < 1.29 is 43.1 Å². The van der Waals surface area contributed by atoms with Crippen molar-refractivity contribution in [2.24, 2.45) is 0 Å². The van der Waals surface area contributed by atoms with Crippen LogP contribution in [0.25, 0.3) is 0 Å². The van der Waals surface area contributed by atoms with E-state index in [4.69, 9.17) is 33.2 Å². The molecule has 192 valence electrons. The number of rotatable bonds is 11. The maximum absolute atomic E-state index is 13.0. The second-order valence-corrected chi connectivity index (χ2v) is 8.23. The number of methoxy groups -OCH3 is 3. The fraction of sp³-hybridized carbons (Fsp3) is 0.370. The van der Waals surface area contributed by atoms with Crippen LogP contribution in [0.5, 0.6) is 23.0 Å². The van der Waals surface area contributed by atoms with Gasteiger partial charge in [-0.3, -0.25) is 0 Å². The summed E-state index contributed by atoms with van der Waals surface area (Å²) in [5, 5.41) is 11.7. The minimum absolute atomic E-state index is 0.0359. The van der Waals surface area contributed by atoms with E-state index in [9.17, 15) is 9.90 Å². The van der Waals surface area contributed by atoms with E-state index in [2.05, 4.69) is 6.92 Å². The number of benzene rings is 2. The Labute approximate surface area is 209 Å². The molecule has 0 aromatic heterocycles. The highest BCUT2D eigenvalue weighted by Gasteiger charge is 2.49. The lowest BCUT2D eigenvalue weighted by Crippen LogP contribution is -2.29. The third-order valence-corrected chi connectivity index (χ3v) is 6.00. The van der Waals surface area contributed by atoms with Gasteiger partial charge in [0, 0.05) is 17.6 Å². The second kappa shape index (κ2) is 10.8. The van der Waals surface area contributed by atoms with Crippen molar-refractivity contribution in [3.05, 3.63) is 70.7 Å². The maximum atomic E-state index is 13.0. The Morgan fingerprint density at radius 2 is 1.72 bits per heavy atom. The van der Waals surface area contributed by atoms with Gasteiger partial charge in [0.1, 0.15) is 17.6 Å².